The third kappa shape index (κ3) is 4.95. The molecular formula is C20H15N5O4S2. The van der Waals surface area contributed by atoms with Crippen LogP contribution in [-0.4, -0.2) is 26.0 Å². The van der Waals surface area contributed by atoms with Crippen LogP contribution in [0, 0.1) is 17.0 Å². The summed E-state index contributed by atoms with van der Waals surface area (Å²) in [6, 6.07) is 13.4. The number of nitrogens with zero attached hydrogens (tertiary/aromatic N) is 4. The number of rotatable bonds is 7. The van der Waals surface area contributed by atoms with Crippen molar-refractivity contribution in [3.8, 4) is 11.3 Å². The van der Waals surface area contributed by atoms with Crippen molar-refractivity contribution in [3.63, 3.8) is 0 Å². The Balaban J connectivity index is 1.48. The normalized spacial score (nSPS) is 10.7. The van der Waals surface area contributed by atoms with Crippen LogP contribution in [0.3, 0.4) is 0 Å². The van der Waals surface area contributed by atoms with Gasteiger partial charge in [0.2, 0.25) is 5.89 Å². The molecule has 0 atom stereocenters. The van der Waals surface area contributed by atoms with Crippen molar-refractivity contribution >= 4 is 39.8 Å². The van der Waals surface area contributed by atoms with E-state index in [2.05, 4.69) is 20.4 Å². The zero-order valence-corrected chi connectivity index (χ0v) is 17.8. The second-order valence-electron chi connectivity index (χ2n) is 6.31. The van der Waals surface area contributed by atoms with Crippen LogP contribution in [0.4, 0.5) is 10.8 Å². The predicted molar refractivity (Wildman–Crippen MR) is 117 cm³/mol. The van der Waals surface area contributed by atoms with Crippen molar-refractivity contribution in [1.82, 2.24) is 15.1 Å². The van der Waals surface area contributed by atoms with Gasteiger partial charge in [-0.2, -0.15) is 4.98 Å². The van der Waals surface area contributed by atoms with E-state index in [9.17, 15) is 14.9 Å². The lowest BCUT2D eigenvalue weighted by Crippen LogP contribution is -2.12. The number of thiazole rings is 1. The lowest BCUT2D eigenvalue weighted by Gasteiger charge is -2.07. The number of carbonyl (C=O) groups excluding carboxylic acids is 1. The molecule has 9 nitrogen and oxygen atoms in total. The van der Waals surface area contributed by atoms with E-state index in [1.807, 2.05) is 12.1 Å². The van der Waals surface area contributed by atoms with Gasteiger partial charge in [-0.05, 0) is 12.1 Å². The highest BCUT2D eigenvalue weighted by Crippen LogP contribution is 2.29. The molecule has 31 heavy (non-hydrogen) atoms. The number of hydrogen-bond acceptors (Lipinski definition) is 9. The predicted octanol–water partition coefficient (Wildman–Crippen LogP) is 4.95. The molecule has 0 radical (unpaired) electrons. The minimum Gasteiger partial charge on any atom is -0.340 e. The number of thioether (sulfide) groups is 1. The summed E-state index contributed by atoms with van der Waals surface area (Å²) in [7, 11) is 0. The monoisotopic (exact) mass is 453 g/mol. The average Bonchev–Trinajstić information content (AvgIpc) is 3.41. The highest BCUT2D eigenvalue weighted by atomic mass is 32.2. The summed E-state index contributed by atoms with van der Waals surface area (Å²) in [6.07, 6.45) is 0. The molecule has 0 fully saturated rings. The van der Waals surface area contributed by atoms with Gasteiger partial charge in [0.15, 0.2) is 11.0 Å². The standard InChI is InChI=1S/C20H15N5O4S2/c1-12-21-18(24-29-12)11-30-17-8-3-2-7-15(17)19(26)23-20-22-16(10-31-20)13-5-4-6-14(9-13)25(27)28/h2-10H,11H2,1H3,(H,22,23,26). The molecule has 0 aliphatic rings. The summed E-state index contributed by atoms with van der Waals surface area (Å²) in [4.78, 5) is 32.7. The summed E-state index contributed by atoms with van der Waals surface area (Å²) in [5.74, 6) is 1.21. The van der Waals surface area contributed by atoms with Crippen molar-refractivity contribution in [2.24, 2.45) is 0 Å². The first-order chi connectivity index (χ1) is 15.0. The molecule has 0 spiro atoms. The third-order valence-corrected chi connectivity index (χ3v) is 5.96. The Morgan fingerprint density at radius 2 is 2.06 bits per heavy atom. The first-order valence-electron chi connectivity index (χ1n) is 9.02. The van der Waals surface area contributed by atoms with E-state index in [0.717, 1.165) is 4.90 Å². The molecule has 2 heterocycles. The van der Waals surface area contributed by atoms with Gasteiger partial charge in [0.25, 0.3) is 11.6 Å². The van der Waals surface area contributed by atoms with Crippen LogP contribution in [0.15, 0.2) is 63.3 Å². The van der Waals surface area contributed by atoms with Gasteiger partial charge in [-0.3, -0.25) is 20.2 Å². The summed E-state index contributed by atoms with van der Waals surface area (Å²) >= 11 is 2.68. The second-order valence-corrected chi connectivity index (χ2v) is 8.19. The number of nitro benzene ring substituents is 1. The molecule has 11 heteroatoms. The van der Waals surface area contributed by atoms with E-state index in [1.54, 1.807) is 36.6 Å². The Morgan fingerprint density at radius 3 is 2.84 bits per heavy atom. The van der Waals surface area contributed by atoms with Gasteiger partial charge in [-0.1, -0.05) is 29.4 Å². The zero-order valence-electron chi connectivity index (χ0n) is 16.1. The van der Waals surface area contributed by atoms with Crippen molar-refractivity contribution < 1.29 is 14.2 Å². The van der Waals surface area contributed by atoms with Gasteiger partial charge >= 0.3 is 0 Å². The summed E-state index contributed by atoms with van der Waals surface area (Å²) in [5, 5.41) is 19.8. The minimum atomic E-state index is -0.455. The lowest BCUT2D eigenvalue weighted by molar-refractivity contribution is -0.384. The third-order valence-electron chi connectivity index (χ3n) is 4.14. The van der Waals surface area contributed by atoms with Crippen LogP contribution in [0.2, 0.25) is 0 Å². The maximum Gasteiger partial charge on any atom is 0.270 e. The van der Waals surface area contributed by atoms with Crippen molar-refractivity contribution in [1.29, 1.82) is 0 Å². The summed E-state index contributed by atoms with van der Waals surface area (Å²) in [6.45, 7) is 1.72. The van der Waals surface area contributed by atoms with Crippen LogP contribution in [0.5, 0.6) is 0 Å². The van der Waals surface area contributed by atoms with Gasteiger partial charge in [0.1, 0.15) is 0 Å². The van der Waals surface area contributed by atoms with Crippen LogP contribution in [0.1, 0.15) is 22.1 Å². The highest BCUT2D eigenvalue weighted by molar-refractivity contribution is 7.98. The fourth-order valence-corrected chi connectivity index (χ4v) is 4.34. The largest absolute Gasteiger partial charge is 0.340 e. The van der Waals surface area contributed by atoms with Gasteiger partial charge in [-0.25, -0.2) is 4.98 Å². The molecule has 4 rings (SSSR count). The smallest absolute Gasteiger partial charge is 0.270 e. The second kappa shape index (κ2) is 9.06. The van der Waals surface area contributed by atoms with Gasteiger partial charge in [0, 0.05) is 34.9 Å². The summed E-state index contributed by atoms with van der Waals surface area (Å²) in [5.41, 5.74) is 1.65. The van der Waals surface area contributed by atoms with E-state index < -0.39 is 4.92 Å². The molecule has 0 saturated carbocycles. The molecule has 4 aromatic rings. The Hall–Kier alpha value is -3.57. The maximum absolute atomic E-state index is 12.8. The number of aryl methyl sites for hydroxylation is 1. The van der Waals surface area contributed by atoms with Crippen molar-refractivity contribution in [3.05, 3.63) is 81.3 Å². The average molecular weight is 454 g/mol. The highest BCUT2D eigenvalue weighted by Gasteiger charge is 2.16. The molecule has 1 N–H and O–H groups in total. The van der Waals surface area contributed by atoms with Crippen LogP contribution >= 0.6 is 23.1 Å². The van der Waals surface area contributed by atoms with Crippen LogP contribution in [0.25, 0.3) is 11.3 Å². The Labute approximate surface area is 184 Å². The number of amides is 1. The number of anilines is 1. The van der Waals surface area contributed by atoms with Crippen LogP contribution in [-0.2, 0) is 5.75 Å². The lowest BCUT2D eigenvalue weighted by atomic mass is 10.1. The number of benzene rings is 2. The number of non-ortho nitro benzene ring substituents is 1. The van der Waals surface area contributed by atoms with Gasteiger partial charge < -0.3 is 4.52 Å². The number of nitrogens with one attached hydrogen (secondary N) is 1. The molecule has 0 unspecified atom stereocenters. The molecule has 1 amide bonds. The first kappa shape index (κ1) is 20.7. The molecule has 0 aliphatic heterocycles. The fraction of sp³-hybridized carbons (Fsp3) is 0.100. The molecule has 0 aliphatic carbocycles. The Kier molecular flexibility index (Phi) is 6.05. The minimum absolute atomic E-state index is 0.0150. The van der Waals surface area contributed by atoms with E-state index in [0.29, 0.717) is 39.4 Å². The SMILES string of the molecule is Cc1nc(CSc2ccccc2C(=O)Nc2nc(-c3cccc([N+](=O)[O-])c3)cs2)no1. The van der Waals surface area contributed by atoms with Gasteiger partial charge in [0.05, 0.1) is 21.9 Å². The topological polar surface area (TPSA) is 124 Å². The van der Waals surface area contributed by atoms with Gasteiger partial charge in [-0.15, -0.1) is 23.1 Å². The molecule has 0 bridgehead atoms. The quantitative estimate of drug-likeness (QED) is 0.237. The molecule has 2 aromatic carbocycles. The van der Waals surface area contributed by atoms with Crippen LogP contribution < -0.4 is 5.32 Å². The summed E-state index contributed by atoms with van der Waals surface area (Å²) < 4.78 is 4.97. The van der Waals surface area contributed by atoms with E-state index >= 15 is 0 Å². The Bertz CT molecular complexity index is 1250. The Morgan fingerprint density at radius 1 is 1.23 bits per heavy atom. The van der Waals surface area contributed by atoms with Crippen molar-refractivity contribution in [2.45, 2.75) is 17.6 Å². The fourth-order valence-electron chi connectivity index (χ4n) is 2.73. The van der Waals surface area contributed by atoms with Crippen molar-refractivity contribution in [2.75, 3.05) is 5.32 Å². The number of carbonyl (C=O) groups is 1. The zero-order chi connectivity index (χ0) is 21.8. The molecule has 0 saturated heterocycles. The van der Waals surface area contributed by atoms with E-state index in [4.69, 9.17) is 4.52 Å². The number of nitro groups is 1. The maximum atomic E-state index is 12.8. The number of aromatic nitrogens is 3. The molecule has 156 valence electrons. The first-order valence-corrected chi connectivity index (χ1v) is 10.9. The van der Waals surface area contributed by atoms with E-state index in [1.165, 1.54) is 35.2 Å². The van der Waals surface area contributed by atoms with E-state index in [-0.39, 0.29) is 11.6 Å². The molecule has 2 aromatic heterocycles. The number of hydrogen-bond donors (Lipinski definition) is 1. The molecular weight excluding hydrogens is 438 g/mol.